The highest BCUT2D eigenvalue weighted by Crippen LogP contribution is 2.26. The van der Waals surface area contributed by atoms with E-state index in [4.69, 9.17) is 0 Å². The first-order chi connectivity index (χ1) is 12.6. The van der Waals surface area contributed by atoms with Crippen LogP contribution in [0.3, 0.4) is 0 Å². The largest absolute Gasteiger partial charge is 0.325 e. The number of aryl methyl sites for hydroxylation is 1. The van der Waals surface area contributed by atoms with Gasteiger partial charge in [0.15, 0.2) is 11.0 Å². The molecule has 0 fully saturated rings. The molecule has 1 aromatic carbocycles. The molecule has 0 aliphatic carbocycles. The van der Waals surface area contributed by atoms with E-state index in [0.717, 1.165) is 23.5 Å². The van der Waals surface area contributed by atoms with Gasteiger partial charge in [-0.2, -0.15) is 0 Å². The van der Waals surface area contributed by atoms with Crippen molar-refractivity contribution in [1.29, 1.82) is 0 Å². The van der Waals surface area contributed by atoms with Crippen LogP contribution in [0.25, 0.3) is 11.4 Å². The van der Waals surface area contributed by atoms with E-state index in [0.29, 0.717) is 5.16 Å². The number of anilines is 1. The van der Waals surface area contributed by atoms with Gasteiger partial charge in [-0.3, -0.25) is 9.78 Å². The minimum atomic E-state index is -0.300. The SMILES string of the molecule is CCc1ccc(NC(=O)C(C)Sc2nnc(-c3cccnc3)n2C)cc1. The quantitative estimate of drug-likeness (QED) is 0.675. The van der Waals surface area contributed by atoms with Gasteiger partial charge in [-0.25, -0.2) is 0 Å². The summed E-state index contributed by atoms with van der Waals surface area (Å²) in [4.78, 5) is 16.6. The molecular weight excluding hydrogens is 346 g/mol. The number of amides is 1. The Morgan fingerprint density at radius 1 is 1.23 bits per heavy atom. The predicted molar refractivity (Wildman–Crippen MR) is 104 cm³/mol. The van der Waals surface area contributed by atoms with Gasteiger partial charge < -0.3 is 9.88 Å². The molecule has 1 N–H and O–H groups in total. The van der Waals surface area contributed by atoms with Gasteiger partial charge in [0.1, 0.15) is 0 Å². The lowest BCUT2D eigenvalue weighted by atomic mass is 10.1. The lowest BCUT2D eigenvalue weighted by molar-refractivity contribution is -0.115. The molecule has 6 nitrogen and oxygen atoms in total. The van der Waals surface area contributed by atoms with Crippen molar-refractivity contribution in [2.75, 3.05) is 5.32 Å². The zero-order valence-electron chi connectivity index (χ0n) is 15.0. The number of carbonyl (C=O) groups is 1. The standard InChI is InChI=1S/C19H21N5OS/c1-4-14-7-9-16(10-8-14)21-18(25)13(2)26-19-23-22-17(24(19)3)15-6-5-11-20-12-15/h5-13H,4H2,1-3H3,(H,21,25). The maximum Gasteiger partial charge on any atom is 0.237 e. The van der Waals surface area contributed by atoms with Crippen LogP contribution in [-0.4, -0.2) is 30.9 Å². The third-order valence-electron chi connectivity index (χ3n) is 4.04. The molecule has 0 aliphatic heterocycles. The van der Waals surface area contributed by atoms with Gasteiger partial charge >= 0.3 is 0 Å². The van der Waals surface area contributed by atoms with E-state index >= 15 is 0 Å². The summed E-state index contributed by atoms with van der Waals surface area (Å²) in [6, 6.07) is 11.7. The monoisotopic (exact) mass is 367 g/mol. The van der Waals surface area contributed by atoms with E-state index in [1.54, 1.807) is 12.4 Å². The summed E-state index contributed by atoms with van der Waals surface area (Å²) in [7, 11) is 1.89. The van der Waals surface area contributed by atoms with E-state index in [1.165, 1.54) is 17.3 Å². The molecule has 3 rings (SSSR count). The van der Waals surface area contributed by atoms with Gasteiger partial charge in [0.25, 0.3) is 0 Å². The summed E-state index contributed by atoms with van der Waals surface area (Å²) in [5.74, 6) is 0.661. The Bertz CT molecular complexity index is 877. The Morgan fingerprint density at radius 3 is 2.65 bits per heavy atom. The van der Waals surface area contributed by atoms with E-state index in [9.17, 15) is 4.79 Å². The molecule has 26 heavy (non-hydrogen) atoms. The molecule has 0 saturated heterocycles. The van der Waals surface area contributed by atoms with Crippen LogP contribution in [0, 0.1) is 0 Å². The van der Waals surface area contributed by atoms with Crippen molar-refractivity contribution in [3.8, 4) is 11.4 Å². The first-order valence-corrected chi connectivity index (χ1v) is 9.32. The molecule has 1 unspecified atom stereocenters. The van der Waals surface area contributed by atoms with Crippen molar-refractivity contribution in [3.05, 3.63) is 54.4 Å². The number of hydrogen-bond donors (Lipinski definition) is 1. The van der Waals surface area contributed by atoms with Crippen LogP contribution < -0.4 is 5.32 Å². The molecule has 0 spiro atoms. The van der Waals surface area contributed by atoms with Crippen LogP contribution in [0.2, 0.25) is 0 Å². The highest BCUT2D eigenvalue weighted by Gasteiger charge is 2.19. The molecular formula is C19H21N5OS. The molecule has 0 saturated carbocycles. The number of carbonyl (C=O) groups excluding carboxylic acids is 1. The molecule has 0 bridgehead atoms. The van der Waals surface area contributed by atoms with Gasteiger partial charge in [-0.05, 0) is 43.2 Å². The highest BCUT2D eigenvalue weighted by molar-refractivity contribution is 8.00. The fourth-order valence-electron chi connectivity index (χ4n) is 2.44. The summed E-state index contributed by atoms with van der Waals surface area (Å²) >= 11 is 1.38. The number of nitrogens with zero attached hydrogens (tertiary/aromatic N) is 4. The van der Waals surface area contributed by atoms with Gasteiger partial charge in [0.05, 0.1) is 5.25 Å². The van der Waals surface area contributed by atoms with E-state index in [2.05, 4.69) is 27.4 Å². The van der Waals surface area contributed by atoms with Crippen LogP contribution in [-0.2, 0) is 18.3 Å². The third kappa shape index (κ3) is 4.11. The number of hydrogen-bond acceptors (Lipinski definition) is 5. The lowest BCUT2D eigenvalue weighted by Crippen LogP contribution is -2.22. The number of thioether (sulfide) groups is 1. The van der Waals surface area contributed by atoms with Crippen LogP contribution in [0.4, 0.5) is 5.69 Å². The Morgan fingerprint density at radius 2 is 2.00 bits per heavy atom. The molecule has 2 aromatic heterocycles. The van der Waals surface area contributed by atoms with Crippen LogP contribution in [0.1, 0.15) is 19.4 Å². The second kappa shape index (κ2) is 8.14. The molecule has 3 aromatic rings. The number of nitrogens with one attached hydrogen (secondary N) is 1. The van der Waals surface area contributed by atoms with Crippen molar-refractivity contribution >= 4 is 23.4 Å². The third-order valence-corrected chi connectivity index (χ3v) is 5.17. The molecule has 0 aliphatic rings. The minimum Gasteiger partial charge on any atom is -0.325 e. The molecule has 7 heteroatoms. The highest BCUT2D eigenvalue weighted by atomic mass is 32.2. The Balaban J connectivity index is 1.66. The van der Waals surface area contributed by atoms with E-state index in [-0.39, 0.29) is 11.2 Å². The Hall–Kier alpha value is -2.67. The fourth-order valence-corrected chi connectivity index (χ4v) is 3.26. The van der Waals surface area contributed by atoms with Gasteiger partial charge in [-0.15, -0.1) is 10.2 Å². The minimum absolute atomic E-state index is 0.0647. The van der Waals surface area contributed by atoms with Crippen LogP contribution in [0.5, 0.6) is 0 Å². The Labute approximate surface area is 157 Å². The molecule has 2 heterocycles. The second-order valence-corrected chi connectivity index (χ2v) is 7.21. The van der Waals surface area contributed by atoms with Crippen molar-refractivity contribution < 1.29 is 4.79 Å². The lowest BCUT2D eigenvalue weighted by Gasteiger charge is -2.12. The smallest absolute Gasteiger partial charge is 0.237 e. The average molecular weight is 367 g/mol. The number of aromatic nitrogens is 4. The number of benzene rings is 1. The van der Waals surface area contributed by atoms with Crippen LogP contribution in [0.15, 0.2) is 53.9 Å². The summed E-state index contributed by atoms with van der Waals surface area (Å²) in [6.45, 7) is 3.96. The summed E-state index contributed by atoms with van der Waals surface area (Å²) in [5.41, 5.74) is 2.93. The fraction of sp³-hybridized carbons (Fsp3) is 0.263. The zero-order valence-corrected chi connectivity index (χ0v) is 15.8. The normalized spacial score (nSPS) is 12.0. The average Bonchev–Trinajstić information content (AvgIpc) is 3.03. The first-order valence-electron chi connectivity index (χ1n) is 8.44. The van der Waals surface area contributed by atoms with Crippen molar-refractivity contribution in [3.63, 3.8) is 0 Å². The van der Waals surface area contributed by atoms with Crippen molar-refractivity contribution in [2.45, 2.75) is 30.7 Å². The summed E-state index contributed by atoms with van der Waals surface area (Å²) < 4.78 is 1.88. The van der Waals surface area contributed by atoms with Gasteiger partial charge in [0, 0.05) is 30.7 Å². The second-order valence-electron chi connectivity index (χ2n) is 5.91. The number of pyridine rings is 1. The number of rotatable bonds is 6. The first kappa shape index (κ1) is 18.1. The topological polar surface area (TPSA) is 72.7 Å². The molecule has 1 atom stereocenters. The molecule has 134 valence electrons. The van der Waals surface area contributed by atoms with Gasteiger partial charge in [-0.1, -0.05) is 30.8 Å². The van der Waals surface area contributed by atoms with Crippen molar-refractivity contribution in [1.82, 2.24) is 19.7 Å². The Kier molecular flexibility index (Phi) is 5.68. The summed E-state index contributed by atoms with van der Waals surface area (Å²) in [6.07, 6.45) is 4.44. The van der Waals surface area contributed by atoms with Crippen LogP contribution >= 0.6 is 11.8 Å². The van der Waals surface area contributed by atoms with Gasteiger partial charge in [0.2, 0.25) is 5.91 Å². The maximum atomic E-state index is 12.5. The zero-order chi connectivity index (χ0) is 18.5. The molecule has 0 radical (unpaired) electrons. The van der Waals surface area contributed by atoms with E-state index in [1.807, 2.05) is 54.9 Å². The predicted octanol–water partition coefficient (Wildman–Crippen LogP) is 3.56. The van der Waals surface area contributed by atoms with E-state index < -0.39 is 0 Å². The summed E-state index contributed by atoms with van der Waals surface area (Å²) in [5, 5.41) is 11.8. The molecule has 1 amide bonds. The van der Waals surface area contributed by atoms with Crippen molar-refractivity contribution in [2.24, 2.45) is 7.05 Å². The maximum absolute atomic E-state index is 12.5.